The Labute approximate surface area is 147 Å². The number of aromatic amines is 1. The molecule has 0 saturated heterocycles. The molecule has 0 unspecified atom stereocenters. The fourth-order valence-electron chi connectivity index (χ4n) is 3.25. The fourth-order valence-corrected chi connectivity index (χ4v) is 3.25. The van der Waals surface area contributed by atoms with Gasteiger partial charge < -0.3 is 15.6 Å². The maximum Gasteiger partial charge on any atom is 0.239 e. The molecule has 0 saturated carbocycles. The van der Waals surface area contributed by atoms with E-state index in [2.05, 4.69) is 21.7 Å². The normalized spacial score (nSPS) is 14.2. The first-order valence-corrected chi connectivity index (χ1v) is 8.98. The number of hydrogen-bond donors (Lipinski definition) is 3. The highest BCUT2D eigenvalue weighted by molar-refractivity contribution is 5.90. The molecule has 2 aromatic rings. The Morgan fingerprint density at radius 1 is 1.08 bits per heavy atom. The van der Waals surface area contributed by atoms with E-state index in [1.54, 1.807) is 0 Å². The van der Waals surface area contributed by atoms with Gasteiger partial charge in [-0.2, -0.15) is 0 Å². The van der Waals surface area contributed by atoms with E-state index >= 15 is 0 Å². The third-order valence-corrected chi connectivity index (χ3v) is 4.63. The van der Waals surface area contributed by atoms with Crippen LogP contribution in [0.1, 0.15) is 37.7 Å². The van der Waals surface area contributed by atoms with Crippen molar-refractivity contribution in [2.24, 2.45) is 0 Å². The van der Waals surface area contributed by atoms with Crippen LogP contribution >= 0.6 is 0 Å². The van der Waals surface area contributed by atoms with Gasteiger partial charge in [0.1, 0.15) is 0 Å². The van der Waals surface area contributed by atoms with Crippen molar-refractivity contribution < 1.29 is 9.59 Å². The zero-order valence-corrected chi connectivity index (χ0v) is 14.4. The summed E-state index contributed by atoms with van der Waals surface area (Å²) in [7, 11) is 0. The zero-order valence-electron chi connectivity index (χ0n) is 14.4. The topological polar surface area (TPSA) is 74.0 Å². The van der Waals surface area contributed by atoms with E-state index < -0.39 is 0 Å². The number of carbonyl (C=O) groups excluding carboxylic acids is 2. The molecule has 25 heavy (non-hydrogen) atoms. The fraction of sp³-hybridized carbons (Fsp3) is 0.400. The van der Waals surface area contributed by atoms with E-state index in [1.807, 2.05) is 30.5 Å². The minimum Gasteiger partial charge on any atom is -0.361 e. The highest BCUT2D eigenvalue weighted by atomic mass is 16.2. The van der Waals surface area contributed by atoms with E-state index in [9.17, 15) is 9.59 Å². The molecule has 0 spiro atoms. The number of nitrogens with one attached hydrogen (secondary N) is 3. The van der Waals surface area contributed by atoms with Crippen molar-refractivity contribution in [3.05, 3.63) is 47.7 Å². The van der Waals surface area contributed by atoms with Crippen molar-refractivity contribution in [3.63, 3.8) is 0 Å². The smallest absolute Gasteiger partial charge is 0.239 e. The van der Waals surface area contributed by atoms with Gasteiger partial charge in [-0.1, -0.05) is 29.8 Å². The summed E-state index contributed by atoms with van der Waals surface area (Å²) in [6.45, 7) is 0.670. The Morgan fingerprint density at radius 3 is 2.80 bits per heavy atom. The van der Waals surface area contributed by atoms with Gasteiger partial charge in [0.15, 0.2) is 0 Å². The Balaban J connectivity index is 1.38. The highest BCUT2D eigenvalue weighted by Crippen LogP contribution is 2.19. The average molecular weight is 339 g/mol. The monoisotopic (exact) mass is 339 g/mol. The van der Waals surface area contributed by atoms with E-state index in [0.717, 1.165) is 35.7 Å². The average Bonchev–Trinajstić information content (AvgIpc) is 3.04. The molecule has 1 aliphatic carbocycles. The molecule has 0 fully saturated rings. The maximum absolute atomic E-state index is 12.1. The number of hydrogen-bond acceptors (Lipinski definition) is 2. The summed E-state index contributed by atoms with van der Waals surface area (Å²) in [6, 6.07) is 7.87. The highest BCUT2D eigenvalue weighted by Gasteiger charge is 2.10. The Hall–Kier alpha value is -2.56. The first kappa shape index (κ1) is 17.3. The summed E-state index contributed by atoms with van der Waals surface area (Å²) in [4.78, 5) is 27.1. The van der Waals surface area contributed by atoms with Crippen LogP contribution < -0.4 is 10.6 Å². The second-order valence-corrected chi connectivity index (χ2v) is 6.52. The summed E-state index contributed by atoms with van der Waals surface area (Å²) in [6.07, 6.45) is 10.2. The van der Waals surface area contributed by atoms with E-state index in [-0.39, 0.29) is 24.8 Å². The standard InChI is InChI=1S/C20H25N3O2/c24-19(12-16-13-22-18-9-5-4-8-17(16)18)23-14-20(25)21-11-10-15-6-2-1-3-7-15/h4-6,8-9,13,22H,1-3,7,10-12,14H2,(H,21,25)(H,23,24). The maximum atomic E-state index is 12.1. The second kappa shape index (κ2) is 8.51. The predicted octanol–water partition coefficient (Wildman–Crippen LogP) is 2.83. The number of H-pyrrole nitrogens is 1. The number of carbonyl (C=O) groups is 2. The van der Waals surface area contributed by atoms with Crippen molar-refractivity contribution in [3.8, 4) is 0 Å². The molecular weight excluding hydrogens is 314 g/mol. The number of benzene rings is 1. The SMILES string of the molecule is O=C(CNC(=O)Cc1c[nH]c2ccccc12)NCCC1=CCCCC1. The lowest BCUT2D eigenvalue weighted by Gasteiger charge is -2.13. The third kappa shape index (κ3) is 4.95. The molecule has 1 heterocycles. The van der Waals surface area contributed by atoms with Crippen molar-refractivity contribution in [2.45, 2.75) is 38.5 Å². The lowest BCUT2D eigenvalue weighted by atomic mass is 9.97. The molecule has 2 amide bonds. The molecule has 1 aliphatic rings. The molecule has 0 radical (unpaired) electrons. The van der Waals surface area contributed by atoms with Gasteiger partial charge in [0.25, 0.3) is 0 Å². The molecule has 3 N–H and O–H groups in total. The Kier molecular flexibility index (Phi) is 5.88. The van der Waals surface area contributed by atoms with Gasteiger partial charge in [-0.05, 0) is 43.7 Å². The van der Waals surface area contributed by atoms with Gasteiger partial charge in [-0.25, -0.2) is 0 Å². The van der Waals surface area contributed by atoms with Crippen molar-refractivity contribution in [1.82, 2.24) is 15.6 Å². The van der Waals surface area contributed by atoms with Crippen molar-refractivity contribution in [2.75, 3.05) is 13.1 Å². The summed E-state index contributed by atoms with van der Waals surface area (Å²) < 4.78 is 0. The first-order chi connectivity index (χ1) is 12.2. The van der Waals surface area contributed by atoms with E-state index in [4.69, 9.17) is 0 Å². The lowest BCUT2D eigenvalue weighted by molar-refractivity contribution is -0.125. The summed E-state index contributed by atoms with van der Waals surface area (Å²) >= 11 is 0. The van der Waals surface area contributed by atoms with Crippen LogP contribution in [0.15, 0.2) is 42.1 Å². The molecule has 5 nitrogen and oxygen atoms in total. The van der Waals surface area contributed by atoms with Crippen LogP contribution in [-0.2, 0) is 16.0 Å². The summed E-state index contributed by atoms with van der Waals surface area (Å²) in [5.41, 5.74) is 3.40. The van der Waals surface area contributed by atoms with E-state index in [1.165, 1.54) is 18.4 Å². The number of fused-ring (bicyclic) bond motifs is 1. The number of para-hydroxylation sites is 1. The number of amides is 2. The second-order valence-electron chi connectivity index (χ2n) is 6.52. The quantitative estimate of drug-likeness (QED) is 0.679. The number of rotatable bonds is 7. The van der Waals surface area contributed by atoms with Crippen LogP contribution in [0.5, 0.6) is 0 Å². The zero-order chi connectivity index (χ0) is 17.5. The van der Waals surface area contributed by atoms with Gasteiger partial charge in [-0.15, -0.1) is 0 Å². The Morgan fingerprint density at radius 2 is 1.96 bits per heavy atom. The van der Waals surface area contributed by atoms with Gasteiger partial charge >= 0.3 is 0 Å². The van der Waals surface area contributed by atoms with Crippen LogP contribution in [0.2, 0.25) is 0 Å². The molecule has 3 rings (SSSR count). The Bertz CT molecular complexity index is 776. The first-order valence-electron chi connectivity index (χ1n) is 8.98. The molecule has 5 heteroatoms. The van der Waals surface area contributed by atoms with E-state index in [0.29, 0.717) is 6.54 Å². The molecule has 0 aliphatic heterocycles. The van der Waals surface area contributed by atoms with Gasteiger partial charge in [0.05, 0.1) is 13.0 Å². The molecule has 0 atom stereocenters. The van der Waals surface area contributed by atoms with Crippen LogP contribution in [0, 0.1) is 0 Å². The molecule has 1 aromatic carbocycles. The van der Waals surface area contributed by atoms with Crippen LogP contribution in [0.4, 0.5) is 0 Å². The minimum atomic E-state index is -0.144. The van der Waals surface area contributed by atoms with Gasteiger partial charge in [0, 0.05) is 23.6 Å². The predicted molar refractivity (Wildman–Crippen MR) is 99.2 cm³/mol. The van der Waals surface area contributed by atoms with Crippen molar-refractivity contribution in [1.29, 1.82) is 0 Å². The third-order valence-electron chi connectivity index (χ3n) is 4.63. The number of aromatic nitrogens is 1. The molecule has 1 aromatic heterocycles. The van der Waals surface area contributed by atoms with Crippen LogP contribution in [0.3, 0.4) is 0 Å². The van der Waals surface area contributed by atoms with Crippen LogP contribution in [0.25, 0.3) is 10.9 Å². The molecule has 0 bridgehead atoms. The number of allylic oxidation sites excluding steroid dienone is 1. The summed E-state index contributed by atoms with van der Waals surface area (Å²) in [5, 5.41) is 6.61. The van der Waals surface area contributed by atoms with Gasteiger partial charge in [0.2, 0.25) is 11.8 Å². The van der Waals surface area contributed by atoms with Crippen molar-refractivity contribution >= 4 is 22.7 Å². The minimum absolute atomic E-state index is 0.0280. The largest absolute Gasteiger partial charge is 0.361 e. The van der Waals surface area contributed by atoms with Gasteiger partial charge in [-0.3, -0.25) is 9.59 Å². The molecular formula is C20H25N3O2. The lowest BCUT2D eigenvalue weighted by Crippen LogP contribution is -2.38. The summed E-state index contributed by atoms with van der Waals surface area (Å²) in [5.74, 6) is -0.279. The van der Waals surface area contributed by atoms with Crippen LogP contribution in [-0.4, -0.2) is 29.9 Å². The molecule has 132 valence electrons.